The van der Waals surface area contributed by atoms with Crippen LogP contribution in [0.15, 0.2) is 53.4 Å². The van der Waals surface area contributed by atoms with Crippen LogP contribution < -0.4 is 0 Å². The monoisotopic (exact) mass is 474 g/mol. The van der Waals surface area contributed by atoms with E-state index >= 15 is 0 Å². The highest BCUT2D eigenvalue weighted by Crippen LogP contribution is 2.28. The van der Waals surface area contributed by atoms with Gasteiger partial charge < -0.3 is 14.7 Å². The first-order chi connectivity index (χ1) is 15.5. The maximum atomic E-state index is 13.2. The molecule has 3 atom stereocenters. The maximum absolute atomic E-state index is 13.2. The minimum Gasteiger partial charge on any atom is -0.451 e. The lowest BCUT2D eigenvalue weighted by molar-refractivity contribution is -0.161. The van der Waals surface area contributed by atoms with Gasteiger partial charge in [-0.3, -0.25) is 9.59 Å². The summed E-state index contributed by atoms with van der Waals surface area (Å²) < 4.78 is 32.8. The minimum absolute atomic E-state index is 0.0456. The van der Waals surface area contributed by atoms with Crippen molar-refractivity contribution in [2.24, 2.45) is 0 Å². The summed E-state index contributed by atoms with van der Waals surface area (Å²) in [6.45, 7) is 5.26. The van der Waals surface area contributed by atoms with Gasteiger partial charge in [-0.15, -0.1) is 0 Å². The normalized spacial score (nSPS) is 19.8. The predicted octanol–water partition coefficient (Wildman–Crippen LogP) is 2.02. The van der Waals surface area contributed by atoms with Crippen molar-refractivity contribution in [1.29, 1.82) is 0 Å². The molecule has 3 unspecified atom stereocenters. The van der Waals surface area contributed by atoms with Crippen molar-refractivity contribution >= 4 is 21.9 Å². The molecule has 1 saturated heterocycles. The van der Waals surface area contributed by atoms with E-state index in [4.69, 9.17) is 4.74 Å². The van der Waals surface area contributed by atoms with Crippen molar-refractivity contribution in [2.45, 2.75) is 56.9 Å². The maximum Gasteiger partial charge on any atom is 0.325 e. The van der Waals surface area contributed by atoms with Gasteiger partial charge in [0.2, 0.25) is 10.0 Å². The summed E-state index contributed by atoms with van der Waals surface area (Å²) in [4.78, 5) is 27.1. The van der Waals surface area contributed by atoms with Gasteiger partial charge in [-0.1, -0.05) is 36.4 Å². The molecule has 1 N–H and O–H groups in total. The highest BCUT2D eigenvalue weighted by Gasteiger charge is 2.45. The van der Waals surface area contributed by atoms with Crippen molar-refractivity contribution in [3.05, 3.63) is 65.2 Å². The summed E-state index contributed by atoms with van der Waals surface area (Å²) >= 11 is 0. The van der Waals surface area contributed by atoms with E-state index < -0.39 is 40.1 Å². The fourth-order valence-corrected chi connectivity index (χ4v) is 5.53. The molecule has 1 aliphatic heterocycles. The molecule has 0 aromatic heterocycles. The summed E-state index contributed by atoms with van der Waals surface area (Å²) in [5, 5.41) is 10.1. The van der Waals surface area contributed by atoms with E-state index in [1.54, 1.807) is 26.1 Å². The van der Waals surface area contributed by atoms with Crippen molar-refractivity contribution in [3.8, 4) is 0 Å². The van der Waals surface area contributed by atoms with E-state index in [-0.39, 0.29) is 17.9 Å². The first-order valence-electron chi connectivity index (χ1n) is 10.8. The van der Waals surface area contributed by atoms with E-state index in [1.165, 1.54) is 17.9 Å². The fraction of sp³-hybridized carbons (Fsp3) is 0.417. The number of rotatable bonds is 7. The molecule has 2 aromatic rings. The first-order valence-corrected chi connectivity index (χ1v) is 12.2. The molecule has 3 rings (SSSR count). The zero-order valence-corrected chi connectivity index (χ0v) is 20.1. The first kappa shape index (κ1) is 24.9. The molecule has 33 heavy (non-hydrogen) atoms. The summed E-state index contributed by atoms with van der Waals surface area (Å²) in [6.07, 6.45) is -2.20. The molecule has 0 radical (unpaired) electrons. The van der Waals surface area contributed by atoms with Gasteiger partial charge in [-0.05, 0) is 49.6 Å². The number of nitrogens with zero attached hydrogens (tertiary/aromatic N) is 2. The second-order valence-corrected chi connectivity index (χ2v) is 10.4. The smallest absolute Gasteiger partial charge is 0.325 e. The van der Waals surface area contributed by atoms with Crippen molar-refractivity contribution in [2.75, 3.05) is 13.6 Å². The quantitative estimate of drug-likeness (QED) is 0.616. The van der Waals surface area contributed by atoms with Gasteiger partial charge in [-0.2, -0.15) is 4.31 Å². The second-order valence-electron chi connectivity index (χ2n) is 8.49. The number of carbonyl (C=O) groups excluding carboxylic acids is 2. The molecule has 2 aromatic carbocycles. The Morgan fingerprint density at radius 1 is 1.15 bits per heavy atom. The Balaban J connectivity index is 1.72. The Morgan fingerprint density at radius 3 is 2.45 bits per heavy atom. The van der Waals surface area contributed by atoms with Crippen LogP contribution in [0.5, 0.6) is 0 Å². The minimum atomic E-state index is -4.04. The number of aliphatic hydroxyl groups excluding tert-OH is 1. The number of benzene rings is 2. The number of hydrogen-bond donors (Lipinski definition) is 1. The standard InChI is InChI=1S/C24H30N2O6S/c1-16-10-11-21(12-17(16)2)33(30,31)26-15-20(27)13-22(26)24(29)32-18(3)23(28)25(4)14-19-8-6-5-7-9-19/h5-12,18,20,22,27H,13-15H2,1-4H3. The van der Waals surface area contributed by atoms with Crippen LogP contribution in [0.3, 0.4) is 0 Å². The van der Waals surface area contributed by atoms with Crippen LogP contribution in [0.1, 0.15) is 30.0 Å². The third kappa shape index (κ3) is 5.61. The molecule has 1 heterocycles. The van der Waals surface area contributed by atoms with E-state index in [9.17, 15) is 23.1 Å². The Bertz CT molecular complexity index is 1120. The number of hydrogen-bond acceptors (Lipinski definition) is 6. The van der Waals surface area contributed by atoms with Crippen LogP contribution in [-0.4, -0.2) is 66.4 Å². The number of β-amino-alcohol motifs (C(OH)–C–C–N with tert-alkyl or cyclic N) is 1. The van der Waals surface area contributed by atoms with E-state index in [1.807, 2.05) is 37.3 Å². The molecule has 0 aliphatic carbocycles. The molecule has 9 heteroatoms. The number of amides is 1. The second kappa shape index (κ2) is 10.0. The third-order valence-corrected chi connectivity index (χ3v) is 7.74. The SMILES string of the molecule is Cc1ccc(S(=O)(=O)N2CC(O)CC2C(=O)OC(C)C(=O)N(C)Cc2ccccc2)cc1C. The Morgan fingerprint density at radius 2 is 1.82 bits per heavy atom. The number of likely N-dealkylation sites (N-methyl/N-ethyl adjacent to an activating group) is 1. The molecule has 0 bridgehead atoms. The van der Waals surface area contributed by atoms with Crippen LogP contribution >= 0.6 is 0 Å². The lowest BCUT2D eigenvalue weighted by Gasteiger charge is -2.26. The molecule has 178 valence electrons. The Hall–Kier alpha value is -2.75. The number of aliphatic hydroxyl groups is 1. The van der Waals surface area contributed by atoms with Gasteiger partial charge in [0, 0.05) is 26.6 Å². The van der Waals surface area contributed by atoms with E-state index in [0.717, 1.165) is 21.0 Å². The lowest BCUT2D eigenvalue weighted by Crippen LogP contribution is -2.44. The highest BCUT2D eigenvalue weighted by atomic mass is 32.2. The number of ether oxygens (including phenoxy) is 1. The average molecular weight is 475 g/mol. The summed E-state index contributed by atoms with van der Waals surface area (Å²) in [5.41, 5.74) is 2.67. The molecule has 0 spiro atoms. The Labute approximate surface area is 194 Å². The number of aryl methyl sites for hydroxylation is 2. The zero-order valence-electron chi connectivity index (χ0n) is 19.3. The topological polar surface area (TPSA) is 104 Å². The van der Waals surface area contributed by atoms with Crippen LogP contribution in [0.4, 0.5) is 0 Å². The lowest BCUT2D eigenvalue weighted by atomic mass is 10.1. The van der Waals surface area contributed by atoms with Gasteiger partial charge in [0.1, 0.15) is 6.04 Å². The van der Waals surface area contributed by atoms with Crippen LogP contribution in [0, 0.1) is 13.8 Å². The van der Waals surface area contributed by atoms with Gasteiger partial charge in [0.05, 0.1) is 11.0 Å². The summed E-state index contributed by atoms with van der Waals surface area (Å²) in [6, 6.07) is 12.9. The van der Waals surface area contributed by atoms with E-state index in [2.05, 4.69) is 0 Å². The van der Waals surface area contributed by atoms with Crippen LogP contribution in [-0.2, 0) is 30.9 Å². The van der Waals surface area contributed by atoms with Gasteiger partial charge in [0.25, 0.3) is 5.91 Å². The molecule has 1 fully saturated rings. The molecule has 1 amide bonds. The highest BCUT2D eigenvalue weighted by molar-refractivity contribution is 7.89. The third-order valence-electron chi connectivity index (χ3n) is 5.87. The largest absolute Gasteiger partial charge is 0.451 e. The van der Waals surface area contributed by atoms with Crippen molar-refractivity contribution in [1.82, 2.24) is 9.21 Å². The van der Waals surface area contributed by atoms with Crippen molar-refractivity contribution < 1.29 is 27.9 Å². The molecule has 1 aliphatic rings. The van der Waals surface area contributed by atoms with Gasteiger partial charge >= 0.3 is 5.97 Å². The predicted molar refractivity (Wildman–Crippen MR) is 123 cm³/mol. The molecule has 0 saturated carbocycles. The van der Waals surface area contributed by atoms with Gasteiger partial charge in [-0.25, -0.2) is 8.42 Å². The fourth-order valence-electron chi connectivity index (χ4n) is 3.82. The zero-order chi connectivity index (χ0) is 24.3. The number of esters is 1. The van der Waals surface area contributed by atoms with Crippen LogP contribution in [0.2, 0.25) is 0 Å². The van der Waals surface area contributed by atoms with E-state index in [0.29, 0.717) is 6.54 Å². The Kier molecular flexibility index (Phi) is 7.56. The summed E-state index contributed by atoms with van der Waals surface area (Å²) in [5.74, 6) is -1.26. The molecule has 8 nitrogen and oxygen atoms in total. The van der Waals surface area contributed by atoms with Crippen LogP contribution in [0.25, 0.3) is 0 Å². The number of carbonyl (C=O) groups is 2. The average Bonchev–Trinajstić information content (AvgIpc) is 3.18. The van der Waals surface area contributed by atoms with Gasteiger partial charge in [0.15, 0.2) is 6.10 Å². The molecular weight excluding hydrogens is 444 g/mol. The van der Waals surface area contributed by atoms with Crippen molar-refractivity contribution in [3.63, 3.8) is 0 Å². The molecular formula is C24H30N2O6S. The summed E-state index contributed by atoms with van der Waals surface area (Å²) in [7, 11) is -2.43. The number of sulfonamides is 1.